The fourth-order valence-corrected chi connectivity index (χ4v) is 1.68. The van der Waals surface area contributed by atoms with E-state index in [-0.39, 0.29) is 17.3 Å². The predicted molar refractivity (Wildman–Crippen MR) is 62.7 cm³/mol. The van der Waals surface area contributed by atoms with Crippen LogP contribution in [0.2, 0.25) is 0 Å². The van der Waals surface area contributed by atoms with Crippen LogP contribution in [0, 0.1) is 12.1 Å². The number of aromatic nitrogens is 4. The Balaban J connectivity index is 1.86. The second-order valence-electron chi connectivity index (χ2n) is 4.03. The molecule has 0 fully saturated rings. The van der Waals surface area contributed by atoms with E-state index in [2.05, 4.69) is 20.0 Å². The first-order valence-electron chi connectivity index (χ1n) is 5.67. The summed E-state index contributed by atoms with van der Waals surface area (Å²) < 4.78 is 9.93. The summed E-state index contributed by atoms with van der Waals surface area (Å²) in [6.45, 7) is 1.57. The fraction of sp³-hybridized carbons (Fsp3) is 0.167. The van der Waals surface area contributed by atoms with E-state index in [1.807, 2.05) is 30.3 Å². The molecule has 7 nitrogen and oxygen atoms in total. The van der Waals surface area contributed by atoms with Gasteiger partial charge in [0.25, 0.3) is 5.89 Å². The van der Waals surface area contributed by atoms with Gasteiger partial charge in [-0.05, 0) is 10.5 Å². The Bertz CT molecular complexity index is 690. The lowest BCUT2D eigenvalue weighted by molar-refractivity contribution is -0.806. The van der Waals surface area contributed by atoms with Gasteiger partial charge in [0.1, 0.15) is 0 Å². The van der Waals surface area contributed by atoms with Gasteiger partial charge in [0.15, 0.2) is 0 Å². The second-order valence-corrected chi connectivity index (χ2v) is 4.03. The van der Waals surface area contributed by atoms with Crippen molar-refractivity contribution in [3.63, 3.8) is 0 Å². The molecule has 0 spiro atoms. The summed E-state index contributed by atoms with van der Waals surface area (Å²) in [5, 5.41) is 22.5. The van der Waals surface area contributed by atoms with E-state index in [9.17, 15) is 5.21 Å². The molecule has 0 N–H and O–H groups in total. The van der Waals surface area contributed by atoms with E-state index < -0.39 is 0 Å². The van der Waals surface area contributed by atoms with Crippen LogP contribution in [0.25, 0.3) is 11.6 Å². The Labute approximate surface area is 108 Å². The number of nitrogens with zero attached hydrogens (tertiary/aromatic N) is 4. The zero-order valence-electron chi connectivity index (χ0n) is 10.1. The van der Waals surface area contributed by atoms with E-state index in [0.29, 0.717) is 17.2 Å². The van der Waals surface area contributed by atoms with Crippen molar-refractivity contribution in [3.8, 4) is 11.6 Å². The Kier molecular flexibility index (Phi) is 2.71. The van der Waals surface area contributed by atoms with Crippen molar-refractivity contribution in [2.24, 2.45) is 0 Å². The van der Waals surface area contributed by atoms with Gasteiger partial charge in [-0.15, -0.1) is 10.2 Å². The zero-order chi connectivity index (χ0) is 13.2. The average molecular weight is 258 g/mol. The molecule has 0 saturated heterocycles. The van der Waals surface area contributed by atoms with Crippen LogP contribution in [-0.2, 0) is 6.42 Å². The normalized spacial score (nSPS) is 10.8. The zero-order valence-corrected chi connectivity index (χ0v) is 10.1. The highest BCUT2D eigenvalue weighted by molar-refractivity contribution is 5.46. The molecule has 7 heteroatoms. The highest BCUT2D eigenvalue weighted by atomic mass is 16.8. The molecule has 0 aliphatic rings. The van der Waals surface area contributed by atoms with Crippen molar-refractivity contribution in [2.45, 2.75) is 13.3 Å². The maximum absolute atomic E-state index is 11.1. The maximum atomic E-state index is 11.1. The molecule has 0 saturated carbocycles. The molecular weight excluding hydrogens is 248 g/mol. The molecule has 0 amide bonds. The Morgan fingerprint density at radius 1 is 1.21 bits per heavy atom. The van der Waals surface area contributed by atoms with Crippen LogP contribution in [-0.4, -0.2) is 15.4 Å². The first-order chi connectivity index (χ1) is 9.24. The van der Waals surface area contributed by atoms with Gasteiger partial charge >= 0.3 is 5.69 Å². The molecule has 0 atom stereocenters. The number of rotatable bonds is 3. The Hall–Kier alpha value is -2.70. The van der Waals surface area contributed by atoms with Crippen LogP contribution < -0.4 is 4.90 Å². The third-order valence-corrected chi connectivity index (χ3v) is 2.69. The van der Waals surface area contributed by atoms with Crippen LogP contribution in [0.4, 0.5) is 0 Å². The van der Waals surface area contributed by atoms with E-state index >= 15 is 0 Å². The highest BCUT2D eigenvalue weighted by Gasteiger charge is 2.22. The Morgan fingerprint density at radius 3 is 2.68 bits per heavy atom. The highest BCUT2D eigenvalue weighted by Crippen LogP contribution is 2.18. The number of benzene rings is 1. The first kappa shape index (κ1) is 11.4. The molecule has 3 aromatic rings. The SMILES string of the molecule is Cc1c(-c2nnc(Cc3ccccc3)o2)no[n+]1[O-]. The standard InChI is InChI=1S/C12H10N4O3/c1-8-11(15-19-16(8)17)12-14-13-10(18-12)7-9-5-3-2-4-6-9/h2-6H,7H2,1H3. The van der Waals surface area contributed by atoms with E-state index in [4.69, 9.17) is 4.42 Å². The van der Waals surface area contributed by atoms with Crippen molar-refractivity contribution in [2.75, 3.05) is 0 Å². The summed E-state index contributed by atoms with van der Waals surface area (Å²) in [5.74, 6) is 0.642. The summed E-state index contributed by atoms with van der Waals surface area (Å²) in [7, 11) is 0. The van der Waals surface area contributed by atoms with E-state index in [0.717, 1.165) is 5.56 Å². The minimum Gasteiger partial charge on any atom is -0.417 e. The molecule has 0 aliphatic carbocycles. The number of hydrogen-bond acceptors (Lipinski definition) is 6. The molecule has 19 heavy (non-hydrogen) atoms. The Morgan fingerprint density at radius 2 is 2.00 bits per heavy atom. The van der Waals surface area contributed by atoms with Crippen LogP contribution in [0.15, 0.2) is 39.4 Å². The summed E-state index contributed by atoms with van der Waals surface area (Å²) in [6, 6.07) is 9.76. The van der Waals surface area contributed by atoms with Crippen LogP contribution in [0.5, 0.6) is 0 Å². The molecule has 1 aromatic carbocycles. The summed E-state index contributed by atoms with van der Waals surface area (Å²) in [6.07, 6.45) is 0.530. The lowest BCUT2D eigenvalue weighted by atomic mass is 10.2. The van der Waals surface area contributed by atoms with Crippen LogP contribution in [0.3, 0.4) is 0 Å². The van der Waals surface area contributed by atoms with Crippen molar-refractivity contribution in [1.29, 1.82) is 0 Å². The molecule has 2 heterocycles. The first-order valence-corrected chi connectivity index (χ1v) is 5.67. The van der Waals surface area contributed by atoms with Gasteiger partial charge in [-0.1, -0.05) is 30.3 Å². The molecule has 3 rings (SSSR count). The maximum Gasteiger partial charge on any atom is 0.307 e. The smallest absolute Gasteiger partial charge is 0.307 e. The molecule has 96 valence electrons. The van der Waals surface area contributed by atoms with Gasteiger partial charge in [0, 0.05) is 6.92 Å². The minimum atomic E-state index is 0.182. The van der Waals surface area contributed by atoms with Crippen molar-refractivity contribution >= 4 is 0 Å². The van der Waals surface area contributed by atoms with Crippen LogP contribution >= 0.6 is 0 Å². The predicted octanol–water partition coefficient (Wildman–Crippen LogP) is 1.26. The largest absolute Gasteiger partial charge is 0.417 e. The van der Waals surface area contributed by atoms with Gasteiger partial charge in [-0.2, -0.15) is 0 Å². The molecule has 0 unspecified atom stereocenters. The van der Waals surface area contributed by atoms with Gasteiger partial charge in [0.2, 0.25) is 11.6 Å². The average Bonchev–Trinajstić information content (AvgIpc) is 3.00. The third kappa shape index (κ3) is 2.17. The van der Waals surface area contributed by atoms with Gasteiger partial charge in [0.05, 0.1) is 11.6 Å². The summed E-state index contributed by atoms with van der Waals surface area (Å²) in [5.41, 5.74) is 1.62. The molecule has 0 radical (unpaired) electrons. The van der Waals surface area contributed by atoms with E-state index in [1.165, 1.54) is 0 Å². The monoisotopic (exact) mass is 258 g/mol. The van der Waals surface area contributed by atoms with Crippen molar-refractivity contribution in [3.05, 3.63) is 52.7 Å². The second kappa shape index (κ2) is 4.52. The molecule has 0 aliphatic heterocycles. The summed E-state index contributed by atoms with van der Waals surface area (Å²) in [4.78, 5) is 0.302. The van der Waals surface area contributed by atoms with Gasteiger partial charge < -0.3 is 9.62 Å². The molecule has 2 aromatic heterocycles. The number of hydrogen-bond donors (Lipinski definition) is 0. The van der Waals surface area contributed by atoms with Gasteiger partial charge in [-0.3, -0.25) is 4.63 Å². The third-order valence-electron chi connectivity index (χ3n) is 2.69. The lowest BCUT2D eigenvalue weighted by Crippen LogP contribution is -2.25. The molecular formula is C12H10N4O3. The summed E-state index contributed by atoms with van der Waals surface area (Å²) >= 11 is 0. The topological polar surface area (TPSA) is 91.9 Å². The minimum absolute atomic E-state index is 0.182. The quantitative estimate of drug-likeness (QED) is 0.656. The van der Waals surface area contributed by atoms with E-state index in [1.54, 1.807) is 6.92 Å². The lowest BCUT2D eigenvalue weighted by Gasteiger charge is -1.94. The van der Waals surface area contributed by atoms with Crippen molar-refractivity contribution < 1.29 is 13.9 Å². The fourth-order valence-electron chi connectivity index (χ4n) is 1.68. The molecule has 0 bridgehead atoms. The van der Waals surface area contributed by atoms with Crippen molar-refractivity contribution in [1.82, 2.24) is 15.4 Å². The van der Waals surface area contributed by atoms with Crippen LogP contribution in [0.1, 0.15) is 17.1 Å². The van der Waals surface area contributed by atoms with Gasteiger partial charge in [-0.25, -0.2) is 0 Å².